The Morgan fingerprint density at radius 1 is 1.22 bits per heavy atom. The van der Waals surface area contributed by atoms with Crippen LogP contribution in [0.4, 0.5) is 14.9 Å². The van der Waals surface area contributed by atoms with Crippen LogP contribution in [0.15, 0.2) is 28.8 Å². The lowest BCUT2D eigenvalue weighted by Crippen LogP contribution is -2.41. The molecule has 2 saturated heterocycles. The first-order valence-corrected chi connectivity index (χ1v) is 9.42. The normalized spacial score (nSPS) is 21.2. The van der Waals surface area contributed by atoms with Gasteiger partial charge in [0, 0.05) is 37.9 Å². The summed E-state index contributed by atoms with van der Waals surface area (Å²) in [5, 5.41) is 6.91. The summed E-state index contributed by atoms with van der Waals surface area (Å²) in [6.07, 6.45) is 3.58. The molecule has 0 aliphatic carbocycles. The second-order valence-electron chi connectivity index (χ2n) is 7.10. The van der Waals surface area contributed by atoms with Crippen molar-refractivity contribution in [3.8, 4) is 0 Å². The van der Waals surface area contributed by atoms with Gasteiger partial charge < -0.3 is 19.5 Å². The number of piperidine rings is 1. The predicted octanol–water partition coefficient (Wildman–Crippen LogP) is 3.51. The van der Waals surface area contributed by atoms with Crippen molar-refractivity contribution >= 4 is 11.7 Å². The molecule has 2 aliphatic rings. The lowest BCUT2D eigenvalue weighted by atomic mass is 9.97. The lowest BCUT2D eigenvalue weighted by Gasteiger charge is -2.31. The van der Waals surface area contributed by atoms with Crippen LogP contribution in [-0.4, -0.2) is 47.4 Å². The van der Waals surface area contributed by atoms with Gasteiger partial charge in [0.15, 0.2) is 5.82 Å². The highest BCUT2D eigenvalue weighted by molar-refractivity contribution is 5.89. The number of carbonyl (C=O) groups is 1. The number of likely N-dealkylation sites (tertiary alicyclic amines) is 1. The fourth-order valence-electron chi connectivity index (χ4n) is 3.67. The average Bonchev–Trinajstić information content (AvgIpc) is 3.19. The molecule has 2 aliphatic heterocycles. The minimum absolute atomic E-state index is 0.0260. The molecule has 2 aromatic rings. The molecule has 1 atom stereocenters. The van der Waals surface area contributed by atoms with Gasteiger partial charge in [-0.05, 0) is 43.9 Å². The molecule has 7 nitrogen and oxygen atoms in total. The summed E-state index contributed by atoms with van der Waals surface area (Å²) >= 11 is 0. The maximum Gasteiger partial charge on any atom is 0.321 e. The van der Waals surface area contributed by atoms with E-state index in [1.54, 1.807) is 17.0 Å². The van der Waals surface area contributed by atoms with Crippen LogP contribution in [-0.2, 0) is 4.74 Å². The third-order valence-electron chi connectivity index (χ3n) is 5.18. The molecular formula is C19H23FN4O3. The van der Waals surface area contributed by atoms with Gasteiger partial charge >= 0.3 is 6.03 Å². The minimum atomic E-state index is -0.379. The molecular weight excluding hydrogens is 351 g/mol. The minimum Gasteiger partial charge on any atom is -0.381 e. The van der Waals surface area contributed by atoms with E-state index in [0.717, 1.165) is 44.7 Å². The van der Waals surface area contributed by atoms with Crippen LogP contribution in [0.1, 0.15) is 49.2 Å². The molecule has 0 bridgehead atoms. The van der Waals surface area contributed by atoms with E-state index in [-0.39, 0.29) is 23.7 Å². The second-order valence-corrected chi connectivity index (χ2v) is 7.10. The van der Waals surface area contributed by atoms with Crippen molar-refractivity contribution in [2.24, 2.45) is 0 Å². The highest BCUT2D eigenvalue weighted by atomic mass is 19.1. The Balaban J connectivity index is 1.39. The molecule has 144 valence electrons. The molecule has 2 fully saturated rings. The highest BCUT2D eigenvalue weighted by Crippen LogP contribution is 2.29. The van der Waals surface area contributed by atoms with E-state index in [2.05, 4.69) is 15.5 Å². The number of nitrogens with one attached hydrogen (secondary N) is 1. The van der Waals surface area contributed by atoms with Gasteiger partial charge in [-0.3, -0.25) is 0 Å². The van der Waals surface area contributed by atoms with Crippen LogP contribution >= 0.6 is 0 Å². The third-order valence-corrected chi connectivity index (χ3v) is 5.18. The molecule has 1 aromatic heterocycles. The maximum atomic E-state index is 13.3. The number of amides is 2. The lowest BCUT2D eigenvalue weighted by molar-refractivity contribution is 0.0830. The van der Waals surface area contributed by atoms with Gasteiger partial charge in [0.25, 0.3) is 0 Å². The van der Waals surface area contributed by atoms with Crippen molar-refractivity contribution in [3.05, 3.63) is 41.8 Å². The predicted molar refractivity (Wildman–Crippen MR) is 96.1 cm³/mol. The fraction of sp³-hybridized carbons (Fsp3) is 0.526. The zero-order chi connectivity index (χ0) is 18.6. The number of benzene rings is 1. The van der Waals surface area contributed by atoms with Gasteiger partial charge in [0.05, 0.1) is 5.92 Å². The van der Waals surface area contributed by atoms with E-state index in [0.29, 0.717) is 24.7 Å². The summed E-state index contributed by atoms with van der Waals surface area (Å²) < 4.78 is 24.2. The number of urea groups is 1. The summed E-state index contributed by atoms with van der Waals surface area (Å²) in [5.74, 6) is 1.27. The Hall–Kier alpha value is -2.48. The molecule has 0 saturated carbocycles. The first kappa shape index (κ1) is 17.9. The highest BCUT2D eigenvalue weighted by Gasteiger charge is 2.30. The van der Waals surface area contributed by atoms with Crippen LogP contribution in [0.2, 0.25) is 0 Å². The average molecular weight is 374 g/mol. The van der Waals surface area contributed by atoms with E-state index in [1.165, 1.54) is 12.1 Å². The van der Waals surface area contributed by atoms with E-state index >= 15 is 0 Å². The largest absolute Gasteiger partial charge is 0.381 e. The van der Waals surface area contributed by atoms with Crippen molar-refractivity contribution in [2.45, 2.75) is 37.5 Å². The van der Waals surface area contributed by atoms with Crippen molar-refractivity contribution in [1.29, 1.82) is 0 Å². The van der Waals surface area contributed by atoms with Gasteiger partial charge in [-0.2, -0.15) is 4.98 Å². The molecule has 27 heavy (non-hydrogen) atoms. The topological polar surface area (TPSA) is 80.5 Å². The molecule has 8 heteroatoms. The molecule has 4 rings (SSSR count). The number of rotatable bonds is 3. The summed E-state index contributed by atoms with van der Waals surface area (Å²) in [4.78, 5) is 18.8. The van der Waals surface area contributed by atoms with Gasteiger partial charge in [-0.25, -0.2) is 9.18 Å². The van der Waals surface area contributed by atoms with Crippen molar-refractivity contribution in [1.82, 2.24) is 15.0 Å². The Morgan fingerprint density at radius 3 is 2.89 bits per heavy atom. The van der Waals surface area contributed by atoms with E-state index < -0.39 is 0 Å². The number of aromatic nitrogens is 2. The number of carbonyl (C=O) groups excluding carboxylic acids is 1. The van der Waals surface area contributed by atoms with Crippen molar-refractivity contribution in [3.63, 3.8) is 0 Å². The van der Waals surface area contributed by atoms with E-state index in [1.807, 2.05) is 0 Å². The van der Waals surface area contributed by atoms with E-state index in [9.17, 15) is 9.18 Å². The summed E-state index contributed by atoms with van der Waals surface area (Å²) in [5.41, 5.74) is 0.446. The molecule has 1 unspecified atom stereocenters. The quantitative estimate of drug-likeness (QED) is 0.889. The monoisotopic (exact) mass is 374 g/mol. The molecule has 3 heterocycles. The van der Waals surface area contributed by atoms with Crippen LogP contribution in [0.25, 0.3) is 0 Å². The molecule has 1 aromatic carbocycles. The summed E-state index contributed by atoms with van der Waals surface area (Å²) in [6, 6.07) is 5.64. The number of hydrogen-bond donors (Lipinski definition) is 1. The standard InChI is InChI=1S/C19H23FN4O3/c20-15-4-1-5-16(11-15)21-19(25)24-8-2-3-14(12-24)18-22-17(23-27-18)13-6-9-26-10-7-13/h1,4-5,11,13-14H,2-3,6-10,12H2,(H,21,25). The Morgan fingerprint density at radius 2 is 2.07 bits per heavy atom. The Labute approximate surface area is 156 Å². The van der Waals surface area contributed by atoms with Gasteiger partial charge in [0.2, 0.25) is 5.89 Å². The van der Waals surface area contributed by atoms with Crippen LogP contribution in [0.3, 0.4) is 0 Å². The Kier molecular flexibility index (Phi) is 5.33. The number of ether oxygens (including phenoxy) is 1. The third kappa shape index (κ3) is 4.27. The first-order chi connectivity index (χ1) is 13.2. The van der Waals surface area contributed by atoms with Gasteiger partial charge in [-0.1, -0.05) is 11.2 Å². The Bertz CT molecular complexity index is 791. The van der Waals surface area contributed by atoms with Crippen molar-refractivity contribution in [2.75, 3.05) is 31.6 Å². The molecule has 0 radical (unpaired) electrons. The van der Waals surface area contributed by atoms with Gasteiger partial charge in [-0.15, -0.1) is 0 Å². The maximum absolute atomic E-state index is 13.3. The molecule has 0 spiro atoms. The number of halogens is 1. The smallest absolute Gasteiger partial charge is 0.321 e. The van der Waals surface area contributed by atoms with Crippen LogP contribution < -0.4 is 5.32 Å². The molecule has 2 amide bonds. The zero-order valence-corrected chi connectivity index (χ0v) is 15.1. The van der Waals surface area contributed by atoms with Gasteiger partial charge in [0.1, 0.15) is 5.82 Å². The number of anilines is 1. The molecule has 1 N–H and O–H groups in total. The summed E-state index contributed by atoms with van der Waals surface area (Å²) in [7, 11) is 0. The number of nitrogens with zero attached hydrogens (tertiary/aromatic N) is 3. The fourth-order valence-corrected chi connectivity index (χ4v) is 3.67. The van der Waals surface area contributed by atoms with Crippen molar-refractivity contribution < 1.29 is 18.4 Å². The van der Waals surface area contributed by atoms with Crippen LogP contribution in [0.5, 0.6) is 0 Å². The SMILES string of the molecule is O=C(Nc1cccc(F)c1)N1CCCC(c2nc(C3CCOCC3)no2)C1. The first-order valence-electron chi connectivity index (χ1n) is 9.42. The van der Waals surface area contributed by atoms with E-state index in [4.69, 9.17) is 9.26 Å². The van der Waals surface area contributed by atoms with Crippen LogP contribution in [0, 0.1) is 5.82 Å². The number of hydrogen-bond acceptors (Lipinski definition) is 5. The second kappa shape index (κ2) is 8.04. The zero-order valence-electron chi connectivity index (χ0n) is 15.1. The summed E-state index contributed by atoms with van der Waals surface area (Å²) in [6.45, 7) is 2.62.